The maximum absolute atomic E-state index is 3.60. The molecule has 2 heteroatoms. The standard InChI is InChI=1S/C11H13NS/c1-2-4-10-9(3-1)11-8(7-13-10)5-6-12-11/h1-4,8,11-12H,5-7H2. The third kappa shape index (κ3) is 1.20. The van der Waals surface area contributed by atoms with E-state index in [1.54, 1.807) is 0 Å². The minimum Gasteiger partial charge on any atom is -0.310 e. The summed E-state index contributed by atoms with van der Waals surface area (Å²) in [4.78, 5) is 1.48. The van der Waals surface area contributed by atoms with Gasteiger partial charge in [0.25, 0.3) is 0 Å². The minimum atomic E-state index is 0.650. The Kier molecular flexibility index (Phi) is 1.84. The quantitative estimate of drug-likeness (QED) is 0.676. The number of rotatable bonds is 0. The van der Waals surface area contributed by atoms with Gasteiger partial charge in [-0.15, -0.1) is 11.8 Å². The second kappa shape index (κ2) is 3.03. The van der Waals surface area contributed by atoms with E-state index < -0.39 is 0 Å². The molecule has 2 atom stereocenters. The van der Waals surface area contributed by atoms with Crippen molar-refractivity contribution < 1.29 is 0 Å². The van der Waals surface area contributed by atoms with Gasteiger partial charge >= 0.3 is 0 Å². The maximum Gasteiger partial charge on any atom is 0.0368 e. The lowest BCUT2D eigenvalue weighted by atomic mass is 9.95. The summed E-state index contributed by atoms with van der Waals surface area (Å²) in [5, 5.41) is 3.60. The van der Waals surface area contributed by atoms with Crippen molar-refractivity contribution in [1.82, 2.24) is 5.32 Å². The number of fused-ring (bicyclic) bond motifs is 3. The maximum atomic E-state index is 3.60. The van der Waals surface area contributed by atoms with Crippen LogP contribution in [-0.4, -0.2) is 12.3 Å². The molecule has 1 aromatic rings. The summed E-state index contributed by atoms with van der Waals surface area (Å²) in [5.74, 6) is 2.18. The van der Waals surface area contributed by atoms with Crippen LogP contribution < -0.4 is 5.32 Å². The minimum absolute atomic E-state index is 0.650. The summed E-state index contributed by atoms with van der Waals surface area (Å²) < 4.78 is 0. The first-order valence-corrected chi connectivity index (χ1v) is 5.89. The van der Waals surface area contributed by atoms with E-state index in [0.717, 1.165) is 5.92 Å². The largest absolute Gasteiger partial charge is 0.310 e. The molecule has 2 aliphatic heterocycles. The molecule has 68 valence electrons. The van der Waals surface area contributed by atoms with E-state index in [9.17, 15) is 0 Å². The van der Waals surface area contributed by atoms with E-state index in [2.05, 4.69) is 29.6 Å². The monoisotopic (exact) mass is 191 g/mol. The van der Waals surface area contributed by atoms with Gasteiger partial charge in [0.05, 0.1) is 0 Å². The Hall–Kier alpha value is -0.470. The van der Waals surface area contributed by atoms with Gasteiger partial charge in [0, 0.05) is 16.7 Å². The average Bonchev–Trinajstić information content (AvgIpc) is 2.65. The normalized spacial score (nSPS) is 31.1. The van der Waals surface area contributed by atoms with Crippen molar-refractivity contribution in [3.63, 3.8) is 0 Å². The number of hydrogen-bond acceptors (Lipinski definition) is 2. The zero-order valence-corrected chi connectivity index (χ0v) is 8.31. The fourth-order valence-electron chi connectivity index (χ4n) is 2.37. The molecule has 0 amide bonds. The van der Waals surface area contributed by atoms with Crippen molar-refractivity contribution in [3.05, 3.63) is 29.8 Å². The van der Waals surface area contributed by atoms with Gasteiger partial charge in [0.15, 0.2) is 0 Å². The average molecular weight is 191 g/mol. The van der Waals surface area contributed by atoms with Crippen LogP contribution in [0.3, 0.4) is 0 Å². The lowest BCUT2D eigenvalue weighted by Crippen LogP contribution is -2.22. The van der Waals surface area contributed by atoms with Crippen LogP contribution in [0.25, 0.3) is 0 Å². The smallest absolute Gasteiger partial charge is 0.0368 e. The van der Waals surface area contributed by atoms with Crippen LogP contribution in [0.4, 0.5) is 0 Å². The molecule has 0 aliphatic carbocycles. The van der Waals surface area contributed by atoms with E-state index in [-0.39, 0.29) is 0 Å². The molecule has 3 rings (SSSR count). The molecule has 2 unspecified atom stereocenters. The van der Waals surface area contributed by atoms with Crippen molar-refractivity contribution in [1.29, 1.82) is 0 Å². The van der Waals surface area contributed by atoms with Crippen molar-refractivity contribution in [3.8, 4) is 0 Å². The Balaban J connectivity index is 2.06. The van der Waals surface area contributed by atoms with Crippen molar-refractivity contribution in [2.24, 2.45) is 5.92 Å². The Labute approximate surface area is 82.9 Å². The molecule has 1 N–H and O–H groups in total. The van der Waals surface area contributed by atoms with Gasteiger partial charge in [-0.05, 0) is 30.5 Å². The van der Waals surface area contributed by atoms with Crippen molar-refractivity contribution in [2.75, 3.05) is 12.3 Å². The van der Waals surface area contributed by atoms with Crippen LogP contribution in [-0.2, 0) is 0 Å². The molecule has 0 aromatic heterocycles. The molecule has 1 saturated heterocycles. The van der Waals surface area contributed by atoms with Crippen LogP contribution in [0.2, 0.25) is 0 Å². The molecule has 2 aliphatic rings. The SMILES string of the molecule is c1ccc2c(c1)SCC1CCNC21. The number of thioether (sulfide) groups is 1. The third-order valence-electron chi connectivity index (χ3n) is 3.06. The van der Waals surface area contributed by atoms with Gasteiger partial charge in [0.2, 0.25) is 0 Å². The molecule has 13 heavy (non-hydrogen) atoms. The first-order valence-electron chi connectivity index (χ1n) is 4.90. The first kappa shape index (κ1) is 7.89. The molecule has 2 heterocycles. The summed E-state index contributed by atoms with van der Waals surface area (Å²) in [6.45, 7) is 1.20. The second-order valence-corrected chi connectivity index (χ2v) is 4.89. The fraction of sp³-hybridized carbons (Fsp3) is 0.455. The van der Waals surface area contributed by atoms with Gasteiger partial charge in [-0.25, -0.2) is 0 Å². The van der Waals surface area contributed by atoms with Gasteiger partial charge in [-0.2, -0.15) is 0 Å². The van der Waals surface area contributed by atoms with Crippen LogP contribution in [0.1, 0.15) is 18.0 Å². The van der Waals surface area contributed by atoms with Crippen LogP contribution >= 0.6 is 11.8 Å². The number of nitrogens with one attached hydrogen (secondary N) is 1. The first-order chi connectivity index (χ1) is 6.45. The van der Waals surface area contributed by atoms with E-state index in [0.29, 0.717) is 6.04 Å². The highest BCUT2D eigenvalue weighted by molar-refractivity contribution is 7.99. The molecule has 1 fully saturated rings. The topological polar surface area (TPSA) is 12.0 Å². The summed E-state index contributed by atoms with van der Waals surface area (Å²) in [6.07, 6.45) is 1.35. The van der Waals surface area contributed by atoms with Crippen LogP contribution in [0.15, 0.2) is 29.2 Å². The summed E-state index contributed by atoms with van der Waals surface area (Å²) >= 11 is 2.03. The lowest BCUT2D eigenvalue weighted by Gasteiger charge is -2.27. The van der Waals surface area contributed by atoms with Crippen LogP contribution in [0.5, 0.6) is 0 Å². The number of hydrogen-bond donors (Lipinski definition) is 1. The van der Waals surface area contributed by atoms with E-state index in [1.165, 1.54) is 29.2 Å². The van der Waals surface area contributed by atoms with Crippen LogP contribution in [0, 0.1) is 5.92 Å². The lowest BCUT2D eigenvalue weighted by molar-refractivity contribution is 0.496. The van der Waals surface area contributed by atoms with E-state index >= 15 is 0 Å². The summed E-state index contributed by atoms with van der Waals surface area (Å²) in [6, 6.07) is 9.47. The fourth-order valence-corrected chi connectivity index (χ4v) is 3.66. The van der Waals surface area contributed by atoms with Crippen molar-refractivity contribution >= 4 is 11.8 Å². The predicted octanol–water partition coefficient (Wildman–Crippen LogP) is 2.44. The zero-order valence-electron chi connectivity index (χ0n) is 7.49. The van der Waals surface area contributed by atoms with Gasteiger partial charge in [0.1, 0.15) is 0 Å². The molecule has 0 spiro atoms. The molecule has 0 radical (unpaired) electrons. The highest BCUT2D eigenvalue weighted by Crippen LogP contribution is 2.42. The molecular weight excluding hydrogens is 178 g/mol. The zero-order chi connectivity index (χ0) is 8.67. The summed E-state index contributed by atoms with van der Waals surface area (Å²) in [5.41, 5.74) is 1.53. The molecule has 1 aromatic carbocycles. The second-order valence-electron chi connectivity index (χ2n) is 3.83. The van der Waals surface area contributed by atoms with E-state index in [4.69, 9.17) is 0 Å². The van der Waals surface area contributed by atoms with Crippen molar-refractivity contribution in [2.45, 2.75) is 17.4 Å². The third-order valence-corrected chi connectivity index (χ3v) is 4.34. The van der Waals surface area contributed by atoms with Gasteiger partial charge in [-0.3, -0.25) is 0 Å². The predicted molar refractivity (Wildman–Crippen MR) is 56.0 cm³/mol. The summed E-state index contributed by atoms with van der Waals surface area (Å²) in [7, 11) is 0. The molecule has 0 bridgehead atoms. The highest BCUT2D eigenvalue weighted by Gasteiger charge is 2.32. The highest BCUT2D eigenvalue weighted by atomic mass is 32.2. The van der Waals surface area contributed by atoms with E-state index in [1.807, 2.05) is 11.8 Å². The molecule has 1 nitrogen and oxygen atoms in total. The van der Waals surface area contributed by atoms with Gasteiger partial charge < -0.3 is 5.32 Å². The Morgan fingerprint density at radius 1 is 1.31 bits per heavy atom. The van der Waals surface area contributed by atoms with Gasteiger partial charge in [-0.1, -0.05) is 18.2 Å². The molecular formula is C11H13NS. The molecule has 0 saturated carbocycles. The Bertz CT molecular complexity index is 324. The Morgan fingerprint density at radius 2 is 2.23 bits per heavy atom. The number of benzene rings is 1. The Morgan fingerprint density at radius 3 is 3.23 bits per heavy atom.